The summed E-state index contributed by atoms with van der Waals surface area (Å²) in [5, 5.41) is 8.73. The van der Waals surface area contributed by atoms with Crippen LogP contribution in [-0.4, -0.2) is 23.0 Å². The number of rotatable bonds is 3. The van der Waals surface area contributed by atoms with Gasteiger partial charge in [0.1, 0.15) is 0 Å². The Bertz CT molecular complexity index is 341. The maximum Gasteiger partial charge on any atom is 0.0950 e. The zero-order valence-electron chi connectivity index (χ0n) is 8.86. The minimum Gasteiger partial charge on any atom is -0.285 e. The molecule has 0 aromatic carbocycles. The molecule has 0 amide bonds. The van der Waals surface area contributed by atoms with Crippen molar-refractivity contribution in [3.63, 3.8) is 0 Å². The lowest BCUT2D eigenvalue weighted by molar-refractivity contribution is 0.291. The summed E-state index contributed by atoms with van der Waals surface area (Å²) in [4.78, 5) is 6.35. The maximum absolute atomic E-state index is 8.73. The molecule has 0 N–H and O–H groups in total. The van der Waals surface area contributed by atoms with Crippen LogP contribution in [0.5, 0.6) is 0 Å². The lowest BCUT2D eigenvalue weighted by Crippen LogP contribution is -2.27. The second-order valence-corrected chi connectivity index (χ2v) is 3.49. The third-order valence-corrected chi connectivity index (χ3v) is 2.21. The van der Waals surface area contributed by atoms with Gasteiger partial charge in [0, 0.05) is 12.2 Å². The zero-order chi connectivity index (χ0) is 10.6. The quantitative estimate of drug-likeness (QED) is 0.727. The number of hydrogen-bond donors (Lipinski definition) is 0. The summed E-state index contributed by atoms with van der Waals surface area (Å²) in [7, 11) is 1.93. The average molecular weight is 189 g/mol. The van der Waals surface area contributed by atoms with E-state index in [9.17, 15) is 0 Å². The molecule has 74 valence electrons. The Labute approximate surface area is 85.0 Å². The first-order valence-corrected chi connectivity index (χ1v) is 4.66. The van der Waals surface area contributed by atoms with Crippen molar-refractivity contribution in [1.82, 2.24) is 9.88 Å². The molecule has 1 unspecified atom stereocenters. The SMILES string of the molecule is Cc1cccc(CN(C)C(C)C#N)n1. The molecule has 1 aromatic rings. The Kier molecular flexibility index (Phi) is 3.61. The van der Waals surface area contributed by atoms with Crippen LogP contribution in [0.2, 0.25) is 0 Å². The molecule has 0 spiro atoms. The van der Waals surface area contributed by atoms with Gasteiger partial charge in [-0.15, -0.1) is 0 Å². The van der Waals surface area contributed by atoms with Gasteiger partial charge in [0.2, 0.25) is 0 Å². The first kappa shape index (κ1) is 10.7. The third kappa shape index (κ3) is 2.82. The van der Waals surface area contributed by atoms with Crippen molar-refractivity contribution in [2.24, 2.45) is 0 Å². The smallest absolute Gasteiger partial charge is 0.0950 e. The molecule has 0 saturated heterocycles. The topological polar surface area (TPSA) is 39.9 Å². The lowest BCUT2D eigenvalue weighted by atomic mass is 10.2. The summed E-state index contributed by atoms with van der Waals surface area (Å²) in [5.41, 5.74) is 2.02. The van der Waals surface area contributed by atoms with Gasteiger partial charge in [-0.3, -0.25) is 9.88 Å². The Morgan fingerprint density at radius 3 is 2.86 bits per heavy atom. The minimum absolute atomic E-state index is 0.0719. The van der Waals surface area contributed by atoms with Crippen LogP contribution in [0.15, 0.2) is 18.2 Å². The fourth-order valence-electron chi connectivity index (χ4n) is 1.18. The highest BCUT2D eigenvalue weighted by Crippen LogP contribution is 2.04. The monoisotopic (exact) mass is 189 g/mol. The molecule has 3 nitrogen and oxygen atoms in total. The van der Waals surface area contributed by atoms with Crippen molar-refractivity contribution in [3.05, 3.63) is 29.6 Å². The molecule has 0 aliphatic rings. The van der Waals surface area contributed by atoms with Gasteiger partial charge in [-0.25, -0.2) is 0 Å². The fourth-order valence-corrected chi connectivity index (χ4v) is 1.18. The number of aryl methyl sites for hydroxylation is 1. The highest BCUT2D eigenvalue weighted by Gasteiger charge is 2.08. The number of nitriles is 1. The van der Waals surface area contributed by atoms with E-state index in [4.69, 9.17) is 5.26 Å². The highest BCUT2D eigenvalue weighted by molar-refractivity contribution is 5.10. The van der Waals surface area contributed by atoms with Gasteiger partial charge in [-0.1, -0.05) is 6.07 Å². The van der Waals surface area contributed by atoms with E-state index in [2.05, 4.69) is 11.1 Å². The molecule has 1 atom stereocenters. The molecule has 0 radical (unpaired) electrons. The molecular weight excluding hydrogens is 174 g/mol. The number of aromatic nitrogens is 1. The van der Waals surface area contributed by atoms with Crippen molar-refractivity contribution in [2.45, 2.75) is 26.4 Å². The van der Waals surface area contributed by atoms with E-state index in [1.165, 1.54) is 0 Å². The predicted molar refractivity (Wildman–Crippen MR) is 55.5 cm³/mol. The van der Waals surface area contributed by atoms with Gasteiger partial charge in [0.25, 0.3) is 0 Å². The molecule has 1 aromatic heterocycles. The number of pyridine rings is 1. The van der Waals surface area contributed by atoms with Crippen molar-refractivity contribution in [2.75, 3.05) is 7.05 Å². The van der Waals surface area contributed by atoms with Crippen LogP contribution >= 0.6 is 0 Å². The van der Waals surface area contributed by atoms with E-state index in [0.717, 1.165) is 17.9 Å². The summed E-state index contributed by atoms with van der Waals surface area (Å²) >= 11 is 0. The van der Waals surface area contributed by atoms with E-state index in [-0.39, 0.29) is 6.04 Å². The van der Waals surface area contributed by atoms with E-state index in [0.29, 0.717) is 0 Å². The lowest BCUT2D eigenvalue weighted by Gasteiger charge is -2.18. The van der Waals surface area contributed by atoms with Crippen LogP contribution in [0, 0.1) is 18.3 Å². The second-order valence-electron chi connectivity index (χ2n) is 3.49. The Balaban J connectivity index is 2.65. The molecule has 0 aliphatic carbocycles. The Hall–Kier alpha value is -1.40. The highest BCUT2D eigenvalue weighted by atomic mass is 15.1. The zero-order valence-corrected chi connectivity index (χ0v) is 8.86. The van der Waals surface area contributed by atoms with Crippen LogP contribution in [0.4, 0.5) is 0 Å². The molecule has 1 rings (SSSR count). The normalized spacial score (nSPS) is 12.5. The van der Waals surface area contributed by atoms with E-state index in [1.807, 2.05) is 44.0 Å². The maximum atomic E-state index is 8.73. The minimum atomic E-state index is -0.0719. The van der Waals surface area contributed by atoms with Crippen LogP contribution in [0.1, 0.15) is 18.3 Å². The van der Waals surface area contributed by atoms with Crippen LogP contribution in [0.25, 0.3) is 0 Å². The molecule has 14 heavy (non-hydrogen) atoms. The van der Waals surface area contributed by atoms with Gasteiger partial charge in [0.05, 0.1) is 17.8 Å². The van der Waals surface area contributed by atoms with Crippen LogP contribution in [-0.2, 0) is 6.54 Å². The van der Waals surface area contributed by atoms with Gasteiger partial charge in [0.15, 0.2) is 0 Å². The summed E-state index contributed by atoms with van der Waals surface area (Å²) in [6.07, 6.45) is 0. The van der Waals surface area contributed by atoms with Crippen LogP contribution < -0.4 is 0 Å². The Morgan fingerprint density at radius 2 is 2.29 bits per heavy atom. The van der Waals surface area contributed by atoms with E-state index >= 15 is 0 Å². The standard InChI is InChI=1S/C11H15N3/c1-9-5-4-6-11(13-9)8-14(3)10(2)7-12/h4-6,10H,8H2,1-3H3. The van der Waals surface area contributed by atoms with Gasteiger partial charge < -0.3 is 0 Å². The fraction of sp³-hybridized carbons (Fsp3) is 0.455. The van der Waals surface area contributed by atoms with Crippen LogP contribution in [0.3, 0.4) is 0 Å². The molecule has 0 bridgehead atoms. The second kappa shape index (κ2) is 4.73. The summed E-state index contributed by atoms with van der Waals surface area (Å²) in [6, 6.07) is 8.06. The van der Waals surface area contributed by atoms with Crippen molar-refractivity contribution in [3.8, 4) is 6.07 Å². The summed E-state index contributed by atoms with van der Waals surface area (Å²) < 4.78 is 0. The van der Waals surface area contributed by atoms with Crippen molar-refractivity contribution in [1.29, 1.82) is 5.26 Å². The van der Waals surface area contributed by atoms with Crippen molar-refractivity contribution < 1.29 is 0 Å². The molecular formula is C11H15N3. The molecule has 0 saturated carbocycles. The average Bonchev–Trinajstić information content (AvgIpc) is 2.16. The predicted octanol–water partition coefficient (Wildman–Crippen LogP) is 1.73. The van der Waals surface area contributed by atoms with E-state index in [1.54, 1.807) is 0 Å². The van der Waals surface area contributed by atoms with Gasteiger partial charge in [-0.2, -0.15) is 5.26 Å². The third-order valence-electron chi connectivity index (χ3n) is 2.21. The first-order chi connectivity index (χ1) is 6.63. The van der Waals surface area contributed by atoms with Crippen molar-refractivity contribution >= 4 is 0 Å². The molecule has 3 heteroatoms. The van der Waals surface area contributed by atoms with E-state index < -0.39 is 0 Å². The number of nitrogens with zero attached hydrogens (tertiary/aromatic N) is 3. The van der Waals surface area contributed by atoms with Gasteiger partial charge in [-0.05, 0) is 33.0 Å². The Morgan fingerprint density at radius 1 is 1.57 bits per heavy atom. The molecule has 0 aliphatic heterocycles. The summed E-state index contributed by atoms with van der Waals surface area (Å²) in [6.45, 7) is 4.57. The van der Waals surface area contributed by atoms with Gasteiger partial charge >= 0.3 is 0 Å². The molecule has 0 fully saturated rings. The first-order valence-electron chi connectivity index (χ1n) is 4.66. The molecule has 1 heterocycles. The summed E-state index contributed by atoms with van der Waals surface area (Å²) in [5.74, 6) is 0. The number of hydrogen-bond acceptors (Lipinski definition) is 3. The largest absolute Gasteiger partial charge is 0.285 e.